The maximum absolute atomic E-state index is 12.2. The van der Waals surface area contributed by atoms with Crippen LogP contribution in [0.1, 0.15) is 10.4 Å². The van der Waals surface area contributed by atoms with Crippen LogP contribution in [0.4, 0.5) is 5.82 Å². The zero-order valence-corrected chi connectivity index (χ0v) is 12.2. The molecule has 21 heavy (non-hydrogen) atoms. The minimum Gasteiger partial charge on any atom is -0.336 e. The van der Waals surface area contributed by atoms with Crippen molar-refractivity contribution >= 4 is 21.7 Å². The van der Waals surface area contributed by atoms with Crippen LogP contribution in [0.25, 0.3) is 10.4 Å². The molecule has 0 radical (unpaired) electrons. The van der Waals surface area contributed by atoms with E-state index >= 15 is 0 Å². The van der Waals surface area contributed by atoms with Crippen LogP contribution in [0.15, 0.2) is 23.4 Å². The lowest BCUT2D eigenvalue weighted by Gasteiger charge is -2.33. The minimum atomic E-state index is -3.22. The number of azide groups is 1. The van der Waals surface area contributed by atoms with E-state index in [9.17, 15) is 13.2 Å². The Kier molecular flexibility index (Phi) is 4.41. The van der Waals surface area contributed by atoms with Crippen LogP contribution in [0.2, 0.25) is 0 Å². The summed E-state index contributed by atoms with van der Waals surface area (Å²) in [7, 11) is -3.22. The average molecular weight is 310 g/mol. The lowest BCUT2D eigenvalue weighted by molar-refractivity contribution is 0.0698. The van der Waals surface area contributed by atoms with Crippen molar-refractivity contribution in [1.82, 2.24) is 14.2 Å². The molecule has 1 fully saturated rings. The fourth-order valence-electron chi connectivity index (χ4n) is 2.02. The Morgan fingerprint density at radius 2 is 2.00 bits per heavy atom. The van der Waals surface area contributed by atoms with Crippen LogP contribution >= 0.6 is 0 Å². The summed E-state index contributed by atoms with van der Waals surface area (Å²) in [6.45, 7) is 1.25. The molecule has 1 aliphatic heterocycles. The van der Waals surface area contributed by atoms with Gasteiger partial charge in [0.1, 0.15) is 5.82 Å². The number of sulfonamides is 1. The molecule has 112 valence electrons. The highest BCUT2D eigenvalue weighted by Gasteiger charge is 2.26. The number of hydrogen-bond acceptors (Lipinski definition) is 5. The number of pyridine rings is 1. The minimum absolute atomic E-state index is 0.191. The van der Waals surface area contributed by atoms with Gasteiger partial charge in [-0.25, -0.2) is 8.42 Å². The molecule has 1 aromatic heterocycles. The second kappa shape index (κ2) is 6.08. The molecule has 1 aliphatic rings. The summed E-state index contributed by atoms with van der Waals surface area (Å²) < 4.78 is 24.2. The number of carbonyl (C=O) groups is 1. The van der Waals surface area contributed by atoms with E-state index in [1.54, 1.807) is 4.90 Å². The Bertz CT molecular complexity index is 672. The smallest absolute Gasteiger partial charge is 0.255 e. The molecule has 10 heteroatoms. The molecule has 2 heterocycles. The van der Waals surface area contributed by atoms with E-state index < -0.39 is 10.0 Å². The van der Waals surface area contributed by atoms with Gasteiger partial charge < -0.3 is 4.90 Å². The molecule has 0 N–H and O–H groups in total. The van der Waals surface area contributed by atoms with Gasteiger partial charge in [0.05, 0.1) is 11.8 Å². The van der Waals surface area contributed by atoms with Crippen LogP contribution in [0.3, 0.4) is 0 Å². The molecule has 0 spiro atoms. The molecule has 0 aromatic carbocycles. The van der Waals surface area contributed by atoms with Crippen molar-refractivity contribution < 1.29 is 13.2 Å². The number of piperazine rings is 1. The average Bonchev–Trinajstić information content (AvgIpc) is 2.47. The standard InChI is InChI=1S/C11H14N6O3S/c1-21(19,20)17-6-4-16(5-7-17)11(18)9-2-3-10(13-8-9)14-15-12/h2-3,8H,4-7H2,1H3. The first-order valence-corrected chi connectivity index (χ1v) is 8.02. The van der Waals surface area contributed by atoms with Crippen molar-refractivity contribution in [3.63, 3.8) is 0 Å². The molecule has 1 saturated heterocycles. The summed E-state index contributed by atoms with van der Waals surface area (Å²) in [5, 5.41) is 3.33. The number of rotatable bonds is 3. The maximum Gasteiger partial charge on any atom is 0.255 e. The number of hydrogen-bond donors (Lipinski definition) is 0. The largest absolute Gasteiger partial charge is 0.336 e. The van der Waals surface area contributed by atoms with Crippen molar-refractivity contribution in [2.45, 2.75) is 0 Å². The topological polar surface area (TPSA) is 119 Å². The summed E-state index contributed by atoms with van der Waals surface area (Å²) in [6, 6.07) is 2.99. The van der Waals surface area contributed by atoms with Gasteiger partial charge >= 0.3 is 0 Å². The van der Waals surface area contributed by atoms with Gasteiger partial charge in [-0.15, -0.1) is 0 Å². The Labute approximate surface area is 121 Å². The Morgan fingerprint density at radius 3 is 2.48 bits per heavy atom. The number of nitrogens with zero attached hydrogens (tertiary/aromatic N) is 6. The van der Waals surface area contributed by atoms with Crippen molar-refractivity contribution in [2.24, 2.45) is 5.11 Å². The third-order valence-corrected chi connectivity index (χ3v) is 4.44. The van der Waals surface area contributed by atoms with E-state index in [4.69, 9.17) is 5.53 Å². The monoisotopic (exact) mass is 310 g/mol. The lowest BCUT2D eigenvalue weighted by Crippen LogP contribution is -2.50. The predicted octanol–water partition coefficient (Wildman–Crippen LogP) is 0.741. The highest BCUT2D eigenvalue weighted by Crippen LogP contribution is 2.13. The van der Waals surface area contributed by atoms with E-state index in [0.717, 1.165) is 6.26 Å². The van der Waals surface area contributed by atoms with Crippen molar-refractivity contribution in [3.05, 3.63) is 34.3 Å². The molecule has 1 amide bonds. The van der Waals surface area contributed by atoms with Crippen LogP contribution in [-0.2, 0) is 10.0 Å². The van der Waals surface area contributed by atoms with Gasteiger partial charge in [-0.3, -0.25) is 9.78 Å². The van der Waals surface area contributed by atoms with E-state index in [0.29, 0.717) is 18.7 Å². The second-order valence-corrected chi connectivity index (χ2v) is 6.53. The highest BCUT2D eigenvalue weighted by molar-refractivity contribution is 7.88. The molecular formula is C11H14N6O3S. The van der Waals surface area contributed by atoms with Gasteiger partial charge in [0.2, 0.25) is 10.0 Å². The van der Waals surface area contributed by atoms with Gasteiger partial charge in [0.25, 0.3) is 5.91 Å². The third-order valence-electron chi connectivity index (χ3n) is 3.14. The van der Waals surface area contributed by atoms with E-state index in [-0.39, 0.29) is 24.8 Å². The quantitative estimate of drug-likeness (QED) is 0.464. The Hall–Kier alpha value is -2.16. The zero-order valence-electron chi connectivity index (χ0n) is 11.4. The van der Waals surface area contributed by atoms with Crippen LogP contribution in [0.5, 0.6) is 0 Å². The van der Waals surface area contributed by atoms with E-state index in [1.165, 1.54) is 22.6 Å². The number of amides is 1. The van der Waals surface area contributed by atoms with Crippen molar-refractivity contribution in [3.8, 4) is 0 Å². The van der Waals surface area contributed by atoms with Gasteiger partial charge in [-0.05, 0) is 22.8 Å². The summed E-state index contributed by atoms with van der Waals surface area (Å²) in [6.07, 6.45) is 2.50. The molecule has 0 atom stereocenters. The van der Waals surface area contributed by atoms with Crippen LogP contribution in [0, 0.1) is 0 Å². The normalized spacial score (nSPS) is 16.3. The highest BCUT2D eigenvalue weighted by atomic mass is 32.2. The molecule has 0 bridgehead atoms. The first kappa shape index (κ1) is 15.2. The van der Waals surface area contributed by atoms with Gasteiger partial charge in [0.15, 0.2) is 0 Å². The lowest BCUT2D eigenvalue weighted by atomic mass is 10.2. The summed E-state index contributed by atoms with van der Waals surface area (Å²) >= 11 is 0. The van der Waals surface area contributed by atoms with Gasteiger partial charge in [0, 0.05) is 37.3 Å². The van der Waals surface area contributed by atoms with Crippen molar-refractivity contribution in [2.75, 3.05) is 32.4 Å². The summed E-state index contributed by atoms with van der Waals surface area (Å²) in [5.74, 6) is -0.0286. The molecule has 2 rings (SSSR count). The zero-order chi connectivity index (χ0) is 15.5. The number of aromatic nitrogens is 1. The molecule has 0 aliphatic carbocycles. The van der Waals surface area contributed by atoms with E-state index in [1.807, 2.05) is 0 Å². The molecule has 1 aromatic rings. The fourth-order valence-corrected chi connectivity index (χ4v) is 2.85. The van der Waals surface area contributed by atoms with Crippen molar-refractivity contribution in [1.29, 1.82) is 0 Å². The SMILES string of the molecule is CS(=O)(=O)N1CCN(C(=O)c2ccc(N=[N+]=[N-])nc2)CC1. The molecule has 9 nitrogen and oxygen atoms in total. The predicted molar refractivity (Wildman–Crippen MR) is 75.4 cm³/mol. The molecular weight excluding hydrogens is 296 g/mol. The maximum atomic E-state index is 12.2. The van der Waals surface area contributed by atoms with Gasteiger partial charge in [-0.1, -0.05) is 0 Å². The Balaban J connectivity index is 2.03. The third kappa shape index (κ3) is 3.69. The first-order valence-electron chi connectivity index (χ1n) is 6.17. The van der Waals surface area contributed by atoms with E-state index in [2.05, 4.69) is 15.0 Å². The fraction of sp³-hybridized carbons (Fsp3) is 0.455. The van der Waals surface area contributed by atoms with Crippen LogP contribution in [-0.4, -0.2) is 60.9 Å². The van der Waals surface area contributed by atoms with Crippen LogP contribution < -0.4 is 0 Å². The number of carbonyl (C=O) groups excluding carboxylic acids is 1. The summed E-state index contributed by atoms with van der Waals surface area (Å²) in [5.41, 5.74) is 8.66. The van der Waals surface area contributed by atoms with Gasteiger partial charge in [-0.2, -0.15) is 4.31 Å². The molecule has 0 saturated carbocycles. The summed E-state index contributed by atoms with van der Waals surface area (Å²) in [4.78, 5) is 20.3. The molecule has 0 unspecified atom stereocenters. The second-order valence-electron chi connectivity index (χ2n) is 4.55. The Morgan fingerprint density at radius 1 is 1.33 bits per heavy atom. The first-order chi connectivity index (χ1) is 9.91.